The summed E-state index contributed by atoms with van der Waals surface area (Å²) in [6.07, 6.45) is 0. The number of hydrogen-bond acceptors (Lipinski definition) is 3. The summed E-state index contributed by atoms with van der Waals surface area (Å²) in [7, 11) is 0. The number of amides is 2. The molecule has 6 heteroatoms. The molecule has 1 unspecified atom stereocenters. The van der Waals surface area contributed by atoms with Crippen molar-refractivity contribution in [3.8, 4) is 0 Å². The highest BCUT2D eigenvalue weighted by Crippen LogP contribution is 2.20. The summed E-state index contributed by atoms with van der Waals surface area (Å²) in [6.45, 7) is 14.8. The number of nitrogens with one attached hydrogen (secondary N) is 1. The summed E-state index contributed by atoms with van der Waals surface area (Å²) in [6, 6.07) is -1.17. The molecule has 0 aromatic heterocycles. The van der Waals surface area contributed by atoms with E-state index < -0.39 is 17.4 Å². The van der Waals surface area contributed by atoms with Crippen molar-refractivity contribution < 1.29 is 14.7 Å². The van der Waals surface area contributed by atoms with E-state index in [2.05, 4.69) is 31.0 Å². The predicted octanol–water partition coefficient (Wildman–Crippen LogP) is 1.61. The van der Waals surface area contributed by atoms with Crippen LogP contribution in [0.25, 0.3) is 0 Å². The zero-order valence-corrected chi connectivity index (χ0v) is 14.1. The Labute approximate surface area is 127 Å². The van der Waals surface area contributed by atoms with Crippen LogP contribution in [-0.2, 0) is 4.79 Å². The summed E-state index contributed by atoms with van der Waals surface area (Å²) in [5.41, 5.74) is -0.424. The second-order valence-corrected chi connectivity index (χ2v) is 7.73. The Morgan fingerprint density at radius 1 is 1.00 bits per heavy atom. The first kappa shape index (κ1) is 17.8. The number of carbonyl (C=O) groups is 2. The first-order chi connectivity index (χ1) is 9.43. The Balaban J connectivity index is 2.60. The zero-order chi connectivity index (χ0) is 16.4. The minimum absolute atomic E-state index is 0.0948. The molecule has 1 atom stereocenters. The molecule has 6 nitrogen and oxygen atoms in total. The van der Waals surface area contributed by atoms with Crippen LogP contribution < -0.4 is 5.32 Å². The number of nitrogens with zero attached hydrogens (tertiary/aromatic N) is 2. The van der Waals surface area contributed by atoms with Crippen LogP contribution in [0.1, 0.15) is 41.5 Å². The molecule has 2 amide bonds. The van der Waals surface area contributed by atoms with Gasteiger partial charge in [-0.25, -0.2) is 9.59 Å². The first-order valence-electron chi connectivity index (χ1n) is 7.46. The van der Waals surface area contributed by atoms with E-state index in [0.717, 1.165) is 13.1 Å². The number of piperazine rings is 1. The fourth-order valence-corrected chi connectivity index (χ4v) is 2.44. The van der Waals surface area contributed by atoms with Gasteiger partial charge in [0.15, 0.2) is 0 Å². The highest BCUT2D eigenvalue weighted by Gasteiger charge is 2.35. The molecule has 0 bridgehead atoms. The number of carboxylic acid groups (broad SMARTS) is 1. The number of aliphatic carboxylic acids is 1. The summed E-state index contributed by atoms with van der Waals surface area (Å²) in [4.78, 5) is 27.6. The van der Waals surface area contributed by atoms with Gasteiger partial charge in [0.05, 0.1) is 0 Å². The van der Waals surface area contributed by atoms with Crippen LogP contribution in [-0.4, -0.2) is 64.7 Å². The van der Waals surface area contributed by atoms with Gasteiger partial charge in [0.25, 0.3) is 0 Å². The molecule has 1 aliphatic heterocycles. The molecule has 0 spiro atoms. The normalized spacial score (nSPS) is 19.2. The molecule has 0 aromatic rings. The quantitative estimate of drug-likeness (QED) is 0.812. The topological polar surface area (TPSA) is 72.9 Å². The van der Waals surface area contributed by atoms with Crippen LogP contribution in [0.15, 0.2) is 0 Å². The summed E-state index contributed by atoms with van der Waals surface area (Å²) < 4.78 is 0. The molecular formula is C15H29N3O3. The van der Waals surface area contributed by atoms with Crippen molar-refractivity contribution in [1.29, 1.82) is 0 Å². The number of urea groups is 1. The highest BCUT2D eigenvalue weighted by atomic mass is 16.4. The van der Waals surface area contributed by atoms with Gasteiger partial charge in [-0.15, -0.1) is 0 Å². The standard InChI is InChI=1S/C15H29N3O3/c1-14(2,3)11(12(19)20)16-13(21)17-7-9-18(10-8-17)15(4,5)6/h11H,7-10H2,1-6H3,(H,16,21)(H,19,20). The second kappa shape index (κ2) is 6.22. The molecule has 1 saturated heterocycles. The van der Waals surface area contributed by atoms with Crippen LogP contribution >= 0.6 is 0 Å². The Kier molecular flexibility index (Phi) is 5.25. The molecule has 1 heterocycles. The van der Waals surface area contributed by atoms with Gasteiger partial charge in [0.1, 0.15) is 6.04 Å². The average molecular weight is 299 g/mol. The first-order valence-corrected chi connectivity index (χ1v) is 7.46. The molecule has 0 aromatic carbocycles. The minimum atomic E-state index is -0.996. The number of carboxylic acids is 1. The minimum Gasteiger partial charge on any atom is -0.480 e. The van der Waals surface area contributed by atoms with Crippen LogP contribution in [0, 0.1) is 5.41 Å². The van der Waals surface area contributed by atoms with Gasteiger partial charge in [-0.05, 0) is 26.2 Å². The molecule has 0 saturated carbocycles. The largest absolute Gasteiger partial charge is 0.480 e. The fourth-order valence-electron chi connectivity index (χ4n) is 2.44. The second-order valence-electron chi connectivity index (χ2n) is 7.73. The lowest BCUT2D eigenvalue weighted by Crippen LogP contribution is -2.59. The lowest BCUT2D eigenvalue weighted by molar-refractivity contribution is -0.142. The Morgan fingerprint density at radius 2 is 1.48 bits per heavy atom. The third-order valence-corrected chi connectivity index (χ3v) is 3.90. The van der Waals surface area contributed by atoms with E-state index in [-0.39, 0.29) is 11.6 Å². The van der Waals surface area contributed by atoms with Gasteiger partial charge in [-0.2, -0.15) is 0 Å². The third kappa shape index (κ3) is 4.88. The Bertz CT molecular complexity index is 388. The monoisotopic (exact) mass is 299 g/mol. The fraction of sp³-hybridized carbons (Fsp3) is 0.867. The number of rotatable bonds is 2. The van der Waals surface area contributed by atoms with Crippen molar-refractivity contribution in [3.63, 3.8) is 0 Å². The highest BCUT2D eigenvalue weighted by molar-refractivity contribution is 5.83. The molecule has 21 heavy (non-hydrogen) atoms. The van der Waals surface area contributed by atoms with Crippen molar-refractivity contribution in [3.05, 3.63) is 0 Å². The third-order valence-electron chi connectivity index (χ3n) is 3.90. The number of carbonyl (C=O) groups excluding carboxylic acids is 1. The maximum atomic E-state index is 12.2. The maximum absolute atomic E-state index is 12.2. The molecule has 0 radical (unpaired) electrons. The summed E-state index contributed by atoms with van der Waals surface area (Å²) in [5, 5.41) is 11.9. The Morgan fingerprint density at radius 3 is 1.81 bits per heavy atom. The van der Waals surface area contributed by atoms with Gasteiger partial charge < -0.3 is 15.3 Å². The molecular weight excluding hydrogens is 270 g/mol. The lowest BCUT2D eigenvalue weighted by Gasteiger charge is -2.42. The molecule has 1 aliphatic rings. The average Bonchev–Trinajstić information content (AvgIpc) is 2.33. The zero-order valence-electron chi connectivity index (χ0n) is 14.1. The SMILES string of the molecule is CC(C)(C)C(NC(=O)N1CCN(C(C)(C)C)CC1)C(=O)O. The van der Waals surface area contributed by atoms with E-state index in [1.165, 1.54) is 0 Å². The van der Waals surface area contributed by atoms with E-state index in [1.807, 2.05) is 20.8 Å². The van der Waals surface area contributed by atoms with Gasteiger partial charge in [-0.1, -0.05) is 20.8 Å². The van der Waals surface area contributed by atoms with E-state index in [0.29, 0.717) is 13.1 Å². The van der Waals surface area contributed by atoms with Crippen LogP contribution in [0.2, 0.25) is 0 Å². The van der Waals surface area contributed by atoms with Crippen LogP contribution in [0.3, 0.4) is 0 Å². The Hall–Kier alpha value is -1.30. The van der Waals surface area contributed by atoms with Gasteiger partial charge in [-0.3, -0.25) is 4.90 Å². The summed E-state index contributed by atoms with van der Waals surface area (Å²) in [5.74, 6) is -0.996. The van der Waals surface area contributed by atoms with Gasteiger partial charge >= 0.3 is 12.0 Å². The van der Waals surface area contributed by atoms with E-state index in [4.69, 9.17) is 0 Å². The van der Waals surface area contributed by atoms with Crippen molar-refractivity contribution in [2.45, 2.75) is 53.1 Å². The molecule has 2 N–H and O–H groups in total. The molecule has 122 valence electrons. The van der Waals surface area contributed by atoms with Gasteiger partial charge in [0.2, 0.25) is 0 Å². The summed E-state index contributed by atoms with van der Waals surface area (Å²) >= 11 is 0. The number of hydrogen-bond donors (Lipinski definition) is 2. The van der Waals surface area contributed by atoms with Crippen molar-refractivity contribution in [2.75, 3.05) is 26.2 Å². The van der Waals surface area contributed by atoms with Crippen LogP contribution in [0.5, 0.6) is 0 Å². The van der Waals surface area contributed by atoms with E-state index in [9.17, 15) is 14.7 Å². The van der Waals surface area contributed by atoms with Gasteiger partial charge in [0, 0.05) is 31.7 Å². The smallest absolute Gasteiger partial charge is 0.326 e. The van der Waals surface area contributed by atoms with Crippen LogP contribution in [0.4, 0.5) is 4.79 Å². The molecule has 0 aliphatic carbocycles. The van der Waals surface area contributed by atoms with E-state index in [1.54, 1.807) is 4.90 Å². The maximum Gasteiger partial charge on any atom is 0.326 e. The van der Waals surface area contributed by atoms with E-state index >= 15 is 0 Å². The van der Waals surface area contributed by atoms with Crippen molar-refractivity contribution in [2.24, 2.45) is 5.41 Å². The van der Waals surface area contributed by atoms with Crippen molar-refractivity contribution in [1.82, 2.24) is 15.1 Å². The lowest BCUT2D eigenvalue weighted by atomic mass is 9.87. The molecule has 1 fully saturated rings. The molecule has 1 rings (SSSR count). The predicted molar refractivity (Wildman–Crippen MR) is 82.3 cm³/mol. The van der Waals surface area contributed by atoms with Crippen molar-refractivity contribution >= 4 is 12.0 Å².